The van der Waals surface area contributed by atoms with Crippen molar-refractivity contribution in [1.29, 1.82) is 0 Å². The second-order valence-corrected chi connectivity index (χ2v) is 4.56. The van der Waals surface area contributed by atoms with Crippen LogP contribution in [0.25, 0.3) is 0 Å². The van der Waals surface area contributed by atoms with E-state index in [1.165, 1.54) is 38.8 Å². The van der Waals surface area contributed by atoms with E-state index >= 15 is 0 Å². The molecule has 13 heavy (non-hydrogen) atoms. The summed E-state index contributed by atoms with van der Waals surface area (Å²) in [6.07, 6.45) is 5.32. The van der Waals surface area contributed by atoms with Crippen molar-refractivity contribution in [1.82, 2.24) is 4.90 Å². The van der Waals surface area contributed by atoms with Crippen molar-refractivity contribution >= 4 is 7.85 Å². The first-order valence-corrected chi connectivity index (χ1v) is 5.68. The summed E-state index contributed by atoms with van der Waals surface area (Å²) in [7, 11) is 2.38. The zero-order valence-corrected chi connectivity index (χ0v) is 8.67. The van der Waals surface area contributed by atoms with Crippen LogP contribution >= 0.6 is 0 Å². The van der Waals surface area contributed by atoms with Crippen LogP contribution in [0.1, 0.15) is 25.7 Å². The number of hydrogen-bond donors (Lipinski definition) is 0. The van der Waals surface area contributed by atoms with Gasteiger partial charge in [-0.15, -0.1) is 0 Å². The lowest BCUT2D eigenvalue weighted by molar-refractivity contribution is 0.0275. The van der Waals surface area contributed by atoms with Crippen molar-refractivity contribution in [3.63, 3.8) is 0 Å². The average Bonchev–Trinajstić information content (AvgIpc) is 2.20. The Balaban J connectivity index is 1.79. The number of ether oxygens (including phenoxy) is 1. The third kappa shape index (κ3) is 2.47. The minimum atomic E-state index is 0.834. The number of piperidine rings is 1. The SMILES string of the molecule is BC1CCN(C2CCOCC2)CC1. The number of hydrogen-bond acceptors (Lipinski definition) is 2. The molecule has 2 nitrogen and oxygen atoms in total. The maximum atomic E-state index is 5.38. The molecule has 0 aliphatic carbocycles. The molecule has 0 aromatic heterocycles. The smallest absolute Gasteiger partial charge is 0.105 e. The molecule has 0 aromatic carbocycles. The molecule has 0 N–H and O–H groups in total. The van der Waals surface area contributed by atoms with E-state index in [1.807, 2.05) is 0 Å². The zero-order valence-electron chi connectivity index (χ0n) is 8.67. The van der Waals surface area contributed by atoms with Crippen molar-refractivity contribution in [3.05, 3.63) is 0 Å². The molecule has 0 unspecified atom stereocenters. The highest BCUT2D eigenvalue weighted by Gasteiger charge is 2.24. The van der Waals surface area contributed by atoms with Crippen molar-refractivity contribution in [2.75, 3.05) is 26.3 Å². The molecule has 2 aliphatic heterocycles. The van der Waals surface area contributed by atoms with E-state index in [0.29, 0.717) is 0 Å². The Hall–Kier alpha value is -0.0151. The monoisotopic (exact) mass is 181 g/mol. The number of likely N-dealkylation sites (tertiary alicyclic amines) is 1. The van der Waals surface area contributed by atoms with Gasteiger partial charge in [-0.3, -0.25) is 0 Å². The minimum absolute atomic E-state index is 0.834. The predicted octanol–water partition coefficient (Wildman–Crippen LogP) is 0.683. The second-order valence-electron chi connectivity index (χ2n) is 4.56. The van der Waals surface area contributed by atoms with Crippen LogP contribution in [-0.4, -0.2) is 45.1 Å². The molecule has 0 radical (unpaired) electrons. The van der Waals surface area contributed by atoms with E-state index in [-0.39, 0.29) is 0 Å². The Kier molecular flexibility index (Phi) is 3.28. The fourth-order valence-corrected chi connectivity index (χ4v) is 2.44. The highest BCUT2D eigenvalue weighted by molar-refractivity contribution is 6.11. The van der Waals surface area contributed by atoms with Gasteiger partial charge >= 0.3 is 0 Å². The summed E-state index contributed by atoms with van der Waals surface area (Å²) in [5.74, 6) is 0.955. The topological polar surface area (TPSA) is 12.5 Å². The summed E-state index contributed by atoms with van der Waals surface area (Å²) in [5, 5.41) is 0. The molecule has 0 amide bonds. The molecular weight excluding hydrogens is 161 g/mol. The molecule has 2 heterocycles. The van der Waals surface area contributed by atoms with Gasteiger partial charge in [0.15, 0.2) is 0 Å². The van der Waals surface area contributed by atoms with Crippen LogP contribution in [0.4, 0.5) is 0 Å². The number of nitrogens with zero attached hydrogens (tertiary/aromatic N) is 1. The molecule has 2 rings (SSSR count). The van der Waals surface area contributed by atoms with Gasteiger partial charge in [-0.05, 0) is 38.8 Å². The molecular formula is C10H20BNO. The van der Waals surface area contributed by atoms with Gasteiger partial charge in [0.2, 0.25) is 0 Å². The second kappa shape index (κ2) is 4.47. The highest BCUT2D eigenvalue weighted by Crippen LogP contribution is 2.24. The molecule has 2 aliphatic rings. The van der Waals surface area contributed by atoms with Gasteiger partial charge in [-0.25, -0.2) is 0 Å². The summed E-state index contributed by atoms with van der Waals surface area (Å²) >= 11 is 0. The van der Waals surface area contributed by atoms with Crippen molar-refractivity contribution < 1.29 is 4.74 Å². The van der Waals surface area contributed by atoms with Crippen LogP contribution in [0.15, 0.2) is 0 Å². The van der Waals surface area contributed by atoms with Crippen LogP contribution in [0.2, 0.25) is 5.82 Å². The molecule has 2 fully saturated rings. The molecule has 0 aromatic rings. The Morgan fingerprint density at radius 2 is 1.62 bits per heavy atom. The largest absolute Gasteiger partial charge is 0.381 e. The van der Waals surface area contributed by atoms with Crippen molar-refractivity contribution in [3.8, 4) is 0 Å². The van der Waals surface area contributed by atoms with E-state index in [2.05, 4.69) is 12.7 Å². The van der Waals surface area contributed by atoms with Crippen LogP contribution < -0.4 is 0 Å². The van der Waals surface area contributed by atoms with Crippen molar-refractivity contribution in [2.24, 2.45) is 0 Å². The van der Waals surface area contributed by atoms with Crippen LogP contribution in [0.3, 0.4) is 0 Å². The van der Waals surface area contributed by atoms with E-state index in [1.54, 1.807) is 0 Å². The fourth-order valence-electron chi connectivity index (χ4n) is 2.44. The minimum Gasteiger partial charge on any atom is -0.381 e. The molecule has 0 saturated carbocycles. The Labute approximate surface area is 82.0 Å². The highest BCUT2D eigenvalue weighted by atomic mass is 16.5. The maximum absolute atomic E-state index is 5.38. The lowest BCUT2D eigenvalue weighted by Crippen LogP contribution is -2.43. The molecule has 2 saturated heterocycles. The summed E-state index contributed by atoms with van der Waals surface area (Å²) in [4.78, 5) is 2.68. The van der Waals surface area contributed by atoms with Gasteiger partial charge in [0.25, 0.3) is 0 Å². The van der Waals surface area contributed by atoms with Gasteiger partial charge in [0, 0.05) is 19.3 Å². The summed E-state index contributed by atoms with van der Waals surface area (Å²) in [6, 6.07) is 0.834. The molecule has 0 spiro atoms. The lowest BCUT2D eigenvalue weighted by atomic mass is 9.79. The quantitative estimate of drug-likeness (QED) is 0.551. The van der Waals surface area contributed by atoms with Gasteiger partial charge in [-0.1, -0.05) is 5.82 Å². The Bertz CT molecular complexity index is 151. The molecule has 0 bridgehead atoms. The first kappa shape index (κ1) is 9.54. The zero-order chi connectivity index (χ0) is 9.10. The first-order chi connectivity index (χ1) is 6.36. The van der Waals surface area contributed by atoms with E-state index in [0.717, 1.165) is 25.1 Å². The molecule has 3 heteroatoms. The summed E-state index contributed by atoms with van der Waals surface area (Å²) in [5.41, 5.74) is 0. The average molecular weight is 181 g/mol. The molecule has 0 atom stereocenters. The van der Waals surface area contributed by atoms with Gasteiger partial charge in [0.05, 0.1) is 0 Å². The predicted molar refractivity (Wildman–Crippen MR) is 56.9 cm³/mol. The van der Waals surface area contributed by atoms with Gasteiger partial charge in [-0.2, -0.15) is 0 Å². The molecule has 74 valence electrons. The van der Waals surface area contributed by atoms with Gasteiger partial charge < -0.3 is 9.64 Å². The Morgan fingerprint density at radius 3 is 2.23 bits per heavy atom. The van der Waals surface area contributed by atoms with E-state index < -0.39 is 0 Å². The van der Waals surface area contributed by atoms with E-state index in [9.17, 15) is 0 Å². The number of rotatable bonds is 1. The summed E-state index contributed by atoms with van der Waals surface area (Å²) < 4.78 is 5.38. The third-order valence-corrected chi connectivity index (χ3v) is 3.53. The standard InChI is InChI=1S/C10H20BNO/c11-9-1-5-12(6-2-9)10-3-7-13-8-4-10/h9-10H,1-8,11H2. The third-order valence-electron chi connectivity index (χ3n) is 3.53. The Morgan fingerprint density at radius 1 is 1.00 bits per heavy atom. The maximum Gasteiger partial charge on any atom is 0.105 e. The fraction of sp³-hybridized carbons (Fsp3) is 1.00. The lowest BCUT2D eigenvalue weighted by Gasteiger charge is -2.38. The van der Waals surface area contributed by atoms with Crippen LogP contribution in [0, 0.1) is 0 Å². The summed E-state index contributed by atoms with van der Waals surface area (Å²) in [6.45, 7) is 4.62. The first-order valence-electron chi connectivity index (χ1n) is 5.68. The normalized spacial score (nSPS) is 29.2. The van der Waals surface area contributed by atoms with Crippen LogP contribution in [0.5, 0.6) is 0 Å². The van der Waals surface area contributed by atoms with Gasteiger partial charge in [0.1, 0.15) is 7.85 Å². The van der Waals surface area contributed by atoms with Crippen molar-refractivity contribution in [2.45, 2.75) is 37.5 Å². The van der Waals surface area contributed by atoms with E-state index in [4.69, 9.17) is 4.74 Å². The van der Waals surface area contributed by atoms with Crippen LogP contribution in [-0.2, 0) is 4.74 Å².